The van der Waals surface area contributed by atoms with Crippen LogP contribution in [0.1, 0.15) is 57.1 Å². The van der Waals surface area contributed by atoms with Gasteiger partial charge in [-0.05, 0) is 81.3 Å². The zero-order valence-electron chi connectivity index (χ0n) is 21.2. The Hall–Kier alpha value is -2.67. The molecule has 3 aromatic heterocycles. The van der Waals surface area contributed by atoms with Gasteiger partial charge in [0.25, 0.3) is 0 Å². The van der Waals surface area contributed by atoms with Gasteiger partial charge in [0, 0.05) is 46.0 Å². The lowest BCUT2D eigenvalue weighted by Crippen LogP contribution is -2.46. The normalized spacial score (nSPS) is 21.5. The molecule has 0 N–H and O–H groups in total. The summed E-state index contributed by atoms with van der Waals surface area (Å²) in [7, 11) is 2.05. The number of nitrogens with zero attached hydrogens (tertiary/aromatic N) is 7. The summed E-state index contributed by atoms with van der Waals surface area (Å²) in [5.74, 6) is 2.24. The molecule has 0 aromatic carbocycles. The highest BCUT2D eigenvalue weighted by Gasteiger charge is 2.38. The van der Waals surface area contributed by atoms with Crippen LogP contribution < -0.4 is 9.80 Å². The zero-order chi connectivity index (χ0) is 23.7. The molecule has 7 heteroatoms. The maximum Gasteiger partial charge on any atom is 0.162 e. The molecule has 3 fully saturated rings. The van der Waals surface area contributed by atoms with Crippen molar-refractivity contribution in [3.63, 3.8) is 0 Å². The number of fused-ring (bicyclic) bond motifs is 1. The summed E-state index contributed by atoms with van der Waals surface area (Å²) in [6.07, 6.45) is 12.3. The molecule has 35 heavy (non-hydrogen) atoms. The van der Waals surface area contributed by atoms with Gasteiger partial charge in [-0.3, -0.25) is 9.88 Å². The van der Waals surface area contributed by atoms with Gasteiger partial charge in [-0.25, -0.2) is 9.67 Å². The van der Waals surface area contributed by atoms with Gasteiger partial charge in [0.2, 0.25) is 0 Å². The van der Waals surface area contributed by atoms with Crippen LogP contribution in [0, 0.1) is 5.41 Å². The van der Waals surface area contributed by atoms with Crippen LogP contribution in [0.2, 0.25) is 0 Å². The van der Waals surface area contributed by atoms with E-state index in [1.807, 2.05) is 24.0 Å². The molecule has 1 spiro atoms. The minimum atomic E-state index is 0.500. The van der Waals surface area contributed by atoms with Crippen molar-refractivity contribution in [2.45, 2.75) is 57.9 Å². The summed E-state index contributed by atoms with van der Waals surface area (Å²) < 4.78 is 1.99. The van der Waals surface area contributed by atoms with Crippen LogP contribution in [0.25, 0.3) is 11.0 Å². The van der Waals surface area contributed by atoms with E-state index in [1.54, 1.807) is 0 Å². The highest BCUT2D eigenvalue weighted by Crippen LogP contribution is 2.43. The number of rotatable bonds is 4. The van der Waals surface area contributed by atoms with Crippen molar-refractivity contribution in [2.24, 2.45) is 12.5 Å². The molecule has 3 aliphatic heterocycles. The van der Waals surface area contributed by atoms with Crippen molar-refractivity contribution >= 4 is 22.7 Å². The summed E-state index contributed by atoms with van der Waals surface area (Å²) in [6.45, 7) is 7.79. The number of hydrogen-bond acceptors (Lipinski definition) is 6. The Kier molecular flexibility index (Phi) is 6.35. The van der Waals surface area contributed by atoms with Gasteiger partial charge < -0.3 is 9.80 Å². The topological polar surface area (TPSA) is 53.3 Å². The molecule has 7 nitrogen and oxygen atoms in total. The third kappa shape index (κ3) is 4.75. The van der Waals surface area contributed by atoms with Crippen molar-refractivity contribution in [1.29, 1.82) is 0 Å². The monoisotopic (exact) mass is 473 g/mol. The molecule has 0 atom stereocenters. The second kappa shape index (κ2) is 9.76. The zero-order valence-corrected chi connectivity index (χ0v) is 21.2. The van der Waals surface area contributed by atoms with Crippen LogP contribution >= 0.6 is 0 Å². The quantitative estimate of drug-likeness (QED) is 0.551. The fraction of sp³-hybridized carbons (Fsp3) is 0.607. The third-order valence-corrected chi connectivity index (χ3v) is 8.73. The highest BCUT2D eigenvalue weighted by atomic mass is 15.4. The van der Waals surface area contributed by atoms with Gasteiger partial charge in [0.05, 0.1) is 11.1 Å². The second-order valence-electron chi connectivity index (χ2n) is 11.0. The van der Waals surface area contributed by atoms with Crippen LogP contribution in [0.15, 0.2) is 36.5 Å². The van der Waals surface area contributed by atoms with Crippen molar-refractivity contribution in [1.82, 2.24) is 24.6 Å². The number of anilines is 2. The maximum atomic E-state index is 5.07. The smallest absolute Gasteiger partial charge is 0.162 e. The summed E-state index contributed by atoms with van der Waals surface area (Å²) in [4.78, 5) is 17.1. The molecule has 0 unspecified atom stereocenters. The van der Waals surface area contributed by atoms with E-state index in [2.05, 4.69) is 43.9 Å². The number of hydrogen-bond donors (Lipinski definition) is 0. The molecule has 0 radical (unpaired) electrons. The van der Waals surface area contributed by atoms with Gasteiger partial charge in [-0.1, -0.05) is 18.9 Å². The van der Waals surface area contributed by atoms with Crippen LogP contribution in [0.4, 0.5) is 11.6 Å². The number of piperidine rings is 2. The molecule has 6 rings (SSSR count). The highest BCUT2D eigenvalue weighted by molar-refractivity contribution is 5.89. The number of pyridine rings is 2. The molecule has 0 aliphatic carbocycles. The first-order valence-corrected chi connectivity index (χ1v) is 13.7. The molecule has 0 amide bonds. The lowest BCUT2D eigenvalue weighted by molar-refractivity contribution is 0.0750. The van der Waals surface area contributed by atoms with E-state index in [1.165, 1.54) is 75.5 Å². The van der Waals surface area contributed by atoms with Gasteiger partial charge in [-0.2, -0.15) is 5.10 Å². The van der Waals surface area contributed by atoms with Crippen molar-refractivity contribution in [3.8, 4) is 0 Å². The average Bonchev–Trinajstić information content (AvgIpc) is 3.06. The SMILES string of the molecule is Cn1nc(N2CCC3(CCN(Cc4ccccn4)CC3)CC2)c2ccc(N3CCCCCC3)nc21. The molecular weight excluding hydrogens is 434 g/mol. The van der Waals surface area contributed by atoms with Crippen molar-refractivity contribution in [2.75, 3.05) is 49.1 Å². The fourth-order valence-electron chi connectivity index (χ4n) is 6.41. The molecule has 0 saturated carbocycles. The summed E-state index contributed by atoms with van der Waals surface area (Å²) in [5, 5.41) is 6.16. The predicted molar refractivity (Wildman–Crippen MR) is 142 cm³/mol. The Balaban J connectivity index is 1.10. The molecule has 0 bridgehead atoms. The van der Waals surface area contributed by atoms with Gasteiger partial charge in [0.15, 0.2) is 11.5 Å². The Morgan fingerprint density at radius 1 is 0.800 bits per heavy atom. The number of likely N-dealkylation sites (tertiary alicyclic amines) is 1. The minimum Gasteiger partial charge on any atom is -0.357 e. The molecule has 3 saturated heterocycles. The van der Waals surface area contributed by atoms with Gasteiger partial charge in [-0.15, -0.1) is 0 Å². The Labute approximate surface area is 209 Å². The molecule has 186 valence electrons. The largest absolute Gasteiger partial charge is 0.357 e. The average molecular weight is 474 g/mol. The van der Waals surface area contributed by atoms with E-state index in [0.29, 0.717) is 5.41 Å². The van der Waals surface area contributed by atoms with E-state index < -0.39 is 0 Å². The van der Waals surface area contributed by atoms with Crippen LogP contribution in [0.5, 0.6) is 0 Å². The Morgan fingerprint density at radius 2 is 1.54 bits per heavy atom. The van der Waals surface area contributed by atoms with E-state index >= 15 is 0 Å². The number of aromatic nitrogens is 4. The summed E-state index contributed by atoms with van der Waals surface area (Å²) >= 11 is 0. The predicted octanol–water partition coefficient (Wildman–Crippen LogP) is 4.63. The first kappa shape index (κ1) is 22.8. The fourth-order valence-corrected chi connectivity index (χ4v) is 6.41. The first-order chi connectivity index (χ1) is 17.2. The van der Waals surface area contributed by atoms with E-state index in [-0.39, 0.29) is 0 Å². The Bertz CT molecular complexity index is 1110. The summed E-state index contributed by atoms with van der Waals surface area (Å²) in [6, 6.07) is 10.7. The van der Waals surface area contributed by atoms with Crippen molar-refractivity contribution in [3.05, 3.63) is 42.2 Å². The lowest BCUT2D eigenvalue weighted by atomic mass is 9.71. The van der Waals surface area contributed by atoms with Crippen LogP contribution in [0.3, 0.4) is 0 Å². The molecule has 3 aromatic rings. The molecular formula is C28H39N7. The van der Waals surface area contributed by atoms with E-state index in [9.17, 15) is 0 Å². The second-order valence-corrected chi connectivity index (χ2v) is 11.0. The van der Waals surface area contributed by atoms with Crippen LogP contribution in [-0.2, 0) is 13.6 Å². The Morgan fingerprint density at radius 3 is 2.26 bits per heavy atom. The first-order valence-electron chi connectivity index (χ1n) is 13.7. The number of aryl methyl sites for hydroxylation is 1. The molecule has 3 aliphatic rings. The van der Waals surface area contributed by atoms with Crippen LogP contribution in [-0.4, -0.2) is 63.9 Å². The third-order valence-electron chi connectivity index (χ3n) is 8.73. The minimum absolute atomic E-state index is 0.500. The lowest BCUT2D eigenvalue weighted by Gasteiger charge is -2.47. The van der Waals surface area contributed by atoms with Gasteiger partial charge >= 0.3 is 0 Å². The van der Waals surface area contributed by atoms with E-state index in [4.69, 9.17) is 10.1 Å². The van der Waals surface area contributed by atoms with E-state index in [0.717, 1.165) is 50.0 Å². The standard InChI is InChI=1S/C28H39N7/c1-32-26-24(9-10-25(30-26)34-16-6-2-3-7-17-34)27(31-32)35-20-13-28(14-21-35)11-18-33(19-12-28)22-23-8-4-5-15-29-23/h4-5,8-10,15H,2-3,6-7,11-14,16-22H2,1H3. The summed E-state index contributed by atoms with van der Waals surface area (Å²) in [5.41, 5.74) is 2.71. The van der Waals surface area contributed by atoms with Gasteiger partial charge in [0.1, 0.15) is 5.82 Å². The maximum absolute atomic E-state index is 5.07. The van der Waals surface area contributed by atoms with Crippen molar-refractivity contribution < 1.29 is 0 Å². The molecule has 6 heterocycles.